The van der Waals surface area contributed by atoms with Gasteiger partial charge in [0.05, 0.1) is 12.7 Å². The second-order valence-corrected chi connectivity index (χ2v) is 5.96. The Morgan fingerprint density at radius 1 is 1.37 bits per heavy atom. The minimum atomic E-state index is 0.421. The SMILES string of the molecule is Cn1cc(C2CSCCN2Cc2ncnn2C)cn1. The van der Waals surface area contributed by atoms with Crippen LogP contribution in [-0.2, 0) is 20.6 Å². The van der Waals surface area contributed by atoms with Crippen molar-refractivity contribution < 1.29 is 0 Å². The largest absolute Gasteiger partial charge is 0.287 e. The first-order chi connectivity index (χ1) is 9.24. The molecule has 0 saturated carbocycles. The summed E-state index contributed by atoms with van der Waals surface area (Å²) in [5.41, 5.74) is 1.29. The Bertz CT molecular complexity index is 548. The Morgan fingerprint density at radius 3 is 2.95 bits per heavy atom. The fraction of sp³-hybridized carbons (Fsp3) is 0.583. The average Bonchev–Trinajstić information content (AvgIpc) is 3.00. The fourth-order valence-electron chi connectivity index (χ4n) is 2.39. The molecule has 1 fully saturated rings. The van der Waals surface area contributed by atoms with E-state index in [1.54, 1.807) is 6.33 Å². The van der Waals surface area contributed by atoms with E-state index in [0.29, 0.717) is 6.04 Å². The molecule has 2 aromatic rings. The van der Waals surface area contributed by atoms with E-state index in [1.807, 2.05) is 41.4 Å². The van der Waals surface area contributed by atoms with Crippen LogP contribution in [0.4, 0.5) is 0 Å². The summed E-state index contributed by atoms with van der Waals surface area (Å²) in [6.45, 7) is 1.92. The zero-order valence-corrected chi connectivity index (χ0v) is 12.0. The number of thioether (sulfide) groups is 1. The number of aryl methyl sites for hydroxylation is 2. The topological polar surface area (TPSA) is 51.8 Å². The van der Waals surface area contributed by atoms with Crippen molar-refractivity contribution in [2.45, 2.75) is 12.6 Å². The second kappa shape index (κ2) is 5.34. The van der Waals surface area contributed by atoms with Crippen molar-refractivity contribution in [2.75, 3.05) is 18.1 Å². The van der Waals surface area contributed by atoms with Gasteiger partial charge in [0, 0.05) is 49.9 Å². The van der Waals surface area contributed by atoms with Crippen LogP contribution >= 0.6 is 11.8 Å². The van der Waals surface area contributed by atoms with Crippen molar-refractivity contribution in [3.8, 4) is 0 Å². The maximum Gasteiger partial charge on any atom is 0.140 e. The van der Waals surface area contributed by atoms with E-state index in [2.05, 4.69) is 26.3 Å². The van der Waals surface area contributed by atoms with Gasteiger partial charge in [0.15, 0.2) is 0 Å². The van der Waals surface area contributed by atoms with E-state index >= 15 is 0 Å². The Kier molecular flexibility index (Phi) is 3.56. The Morgan fingerprint density at radius 2 is 2.26 bits per heavy atom. The molecule has 0 aliphatic carbocycles. The molecule has 3 rings (SSSR count). The highest BCUT2D eigenvalue weighted by Crippen LogP contribution is 2.30. The summed E-state index contributed by atoms with van der Waals surface area (Å²) in [6, 6.07) is 0.421. The number of rotatable bonds is 3. The van der Waals surface area contributed by atoms with E-state index in [9.17, 15) is 0 Å². The van der Waals surface area contributed by atoms with Gasteiger partial charge in [-0.2, -0.15) is 22.0 Å². The normalized spacial score (nSPS) is 20.8. The molecule has 1 aliphatic heterocycles. The number of aromatic nitrogens is 5. The minimum absolute atomic E-state index is 0.421. The Labute approximate surface area is 116 Å². The highest BCUT2D eigenvalue weighted by Gasteiger charge is 2.26. The van der Waals surface area contributed by atoms with Gasteiger partial charge in [-0.15, -0.1) is 0 Å². The van der Waals surface area contributed by atoms with Crippen molar-refractivity contribution in [1.29, 1.82) is 0 Å². The lowest BCUT2D eigenvalue weighted by Gasteiger charge is -2.34. The second-order valence-electron chi connectivity index (χ2n) is 4.81. The van der Waals surface area contributed by atoms with Gasteiger partial charge in [-0.3, -0.25) is 14.3 Å². The van der Waals surface area contributed by atoms with Gasteiger partial charge in [-0.1, -0.05) is 0 Å². The van der Waals surface area contributed by atoms with Gasteiger partial charge in [0.1, 0.15) is 12.2 Å². The minimum Gasteiger partial charge on any atom is -0.287 e. The molecule has 1 saturated heterocycles. The predicted octanol–water partition coefficient (Wildman–Crippen LogP) is 0.839. The summed E-state index contributed by atoms with van der Waals surface area (Å²) in [4.78, 5) is 6.80. The molecule has 0 bridgehead atoms. The molecular weight excluding hydrogens is 260 g/mol. The first kappa shape index (κ1) is 12.7. The molecule has 0 N–H and O–H groups in total. The fourth-order valence-corrected chi connectivity index (χ4v) is 3.55. The zero-order valence-electron chi connectivity index (χ0n) is 11.2. The van der Waals surface area contributed by atoms with Crippen molar-refractivity contribution in [3.05, 3.63) is 30.1 Å². The third-order valence-electron chi connectivity index (χ3n) is 3.50. The van der Waals surface area contributed by atoms with Gasteiger partial charge in [0.25, 0.3) is 0 Å². The average molecular weight is 278 g/mol. The van der Waals surface area contributed by atoms with E-state index in [0.717, 1.165) is 24.7 Å². The Hall–Kier alpha value is -1.34. The molecule has 19 heavy (non-hydrogen) atoms. The molecule has 0 spiro atoms. The van der Waals surface area contributed by atoms with E-state index < -0.39 is 0 Å². The van der Waals surface area contributed by atoms with Crippen LogP contribution < -0.4 is 0 Å². The molecule has 2 aromatic heterocycles. The van der Waals surface area contributed by atoms with Crippen LogP contribution in [0.15, 0.2) is 18.7 Å². The van der Waals surface area contributed by atoms with Gasteiger partial charge < -0.3 is 0 Å². The highest BCUT2D eigenvalue weighted by molar-refractivity contribution is 7.99. The lowest BCUT2D eigenvalue weighted by atomic mass is 10.1. The lowest BCUT2D eigenvalue weighted by Crippen LogP contribution is -2.36. The monoisotopic (exact) mass is 278 g/mol. The quantitative estimate of drug-likeness (QED) is 0.833. The van der Waals surface area contributed by atoms with Gasteiger partial charge >= 0.3 is 0 Å². The van der Waals surface area contributed by atoms with Crippen molar-refractivity contribution in [1.82, 2.24) is 29.4 Å². The van der Waals surface area contributed by atoms with Crippen LogP contribution in [0, 0.1) is 0 Å². The lowest BCUT2D eigenvalue weighted by molar-refractivity contribution is 0.204. The van der Waals surface area contributed by atoms with Crippen LogP contribution in [0.5, 0.6) is 0 Å². The van der Waals surface area contributed by atoms with Gasteiger partial charge in [-0.25, -0.2) is 4.98 Å². The predicted molar refractivity (Wildman–Crippen MR) is 74.7 cm³/mol. The molecule has 1 atom stereocenters. The third-order valence-corrected chi connectivity index (χ3v) is 4.52. The molecule has 3 heterocycles. The van der Waals surface area contributed by atoms with Crippen molar-refractivity contribution >= 4 is 11.8 Å². The number of nitrogens with zero attached hydrogens (tertiary/aromatic N) is 6. The van der Waals surface area contributed by atoms with E-state index in [4.69, 9.17) is 0 Å². The molecule has 102 valence electrons. The maximum atomic E-state index is 4.33. The van der Waals surface area contributed by atoms with E-state index in [-0.39, 0.29) is 0 Å². The molecule has 0 radical (unpaired) electrons. The summed E-state index contributed by atoms with van der Waals surface area (Å²) >= 11 is 2.01. The van der Waals surface area contributed by atoms with Crippen LogP contribution in [-0.4, -0.2) is 47.5 Å². The summed E-state index contributed by atoms with van der Waals surface area (Å²) < 4.78 is 3.72. The molecule has 1 unspecified atom stereocenters. The molecule has 0 amide bonds. The molecular formula is C12H18N6S. The first-order valence-corrected chi connectivity index (χ1v) is 7.52. The summed E-state index contributed by atoms with van der Waals surface area (Å²) in [7, 11) is 3.91. The maximum absolute atomic E-state index is 4.33. The summed E-state index contributed by atoms with van der Waals surface area (Å²) in [5, 5.41) is 8.43. The number of hydrogen-bond donors (Lipinski definition) is 0. The molecule has 0 aromatic carbocycles. The van der Waals surface area contributed by atoms with Gasteiger partial charge in [-0.05, 0) is 0 Å². The van der Waals surface area contributed by atoms with Crippen LogP contribution in [0.3, 0.4) is 0 Å². The smallest absolute Gasteiger partial charge is 0.140 e. The van der Waals surface area contributed by atoms with Gasteiger partial charge in [0.2, 0.25) is 0 Å². The van der Waals surface area contributed by atoms with Crippen molar-refractivity contribution in [3.63, 3.8) is 0 Å². The third kappa shape index (κ3) is 2.66. The van der Waals surface area contributed by atoms with Crippen LogP contribution in [0.2, 0.25) is 0 Å². The Balaban J connectivity index is 1.79. The molecule has 1 aliphatic rings. The summed E-state index contributed by atoms with van der Waals surface area (Å²) in [6.07, 6.45) is 5.70. The first-order valence-electron chi connectivity index (χ1n) is 6.37. The number of hydrogen-bond acceptors (Lipinski definition) is 5. The standard InChI is InChI=1S/C12H18N6S/c1-16-6-10(5-14-16)11-8-19-4-3-18(11)7-12-13-9-15-17(12)2/h5-6,9,11H,3-4,7-8H2,1-2H3. The van der Waals surface area contributed by atoms with Crippen LogP contribution in [0.1, 0.15) is 17.4 Å². The molecule has 6 nitrogen and oxygen atoms in total. The molecule has 7 heteroatoms. The van der Waals surface area contributed by atoms with Crippen LogP contribution in [0.25, 0.3) is 0 Å². The summed E-state index contributed by atoms with van der Waals surface area (Å²) in [5.74, 6) is 3.30. The highest BCUT2D eigenvalue weighted by atomic mass is 32.2. The van der Waals surface area contributed by atoms with E-state index in [1.165, 1.54) is 11.3 Å². The zero-order chi connectivity index (χ0) is 13.2. The van der Waals surface area contributed by atoms with Crippen molar-refractivity contribution in [2.24, 2.45) is 14.1 Å².